The second kappa shape index (κ2) is 6.14. The molecule has 1 aromatic carbocycles. The summed E-state index contributed by atoms with van der Waals surface area (Å²) in [5.41, 5.74) is 0. The molecule has 2 aliphatic heterocycles. The first-order valence-corrected chi connectivity index (χ1v) is 7.94. The highest BCUT2D eigenvalue weighted by molar-refractivity contribution is 6.30. The molecule has 1 N–H and O–H groups in total. The van der Waals surface area contributed by atoms with E-state index in [2.05, 4.69) is 0 Å². The van der Waals surface area contributed by atoms with Crippen LogP contribution in [0.3, 0.4) is 0 Å². The number of hydrogen-bond acceptors (Lipinski definition) is 4. The number of fused-ring (bicyclic) bond motifs is 1. The maximum Gasteiger partial charge on any atom is 0.492 e. The van der Waals surface area contributed by atoms with Gasteiger partial charge in [-0.3, -0.25) is 5.32 Å². The molecule has 1 fully saturated rings. The number of nitrogens with one attached hydrogen (secondary N) is 1. The highest BCUT2D eigenvalue weighted by atomic mass is 35.5. The van der Waals surface area contributed by atoms with Crippen molar-refractivity contribution in [2.24, 2.45) is 0 Å². The smallest absolute Gasteiger partial charge is 0.424 e. The fraction of sp³-hybridized carbons (Fsp3) is 0.533. The van der Waals surface area contributed by atoms with Crippen LogP contribution in [0, 0.1) is 0 Å². The van der Waals surface area contributed by atoms with Crippen molar-refractivity contribution in [3.05, 3.63) is 23.2 Å². The average molecular weight is 381 g/mol. The molecule has 2 aliphatic rings. The summed E-state index contributed by atoms with van der Waals surface area (Å²) in [5, 5.41) is 2.01. The predicted molar refractivity (Wildman–Crippen MR) is 81.6 cm³/mol. The Bertz CT molecular complexity index is 677. The van der Waals surface area contributed by atoms with Crippen LogP contribution in [-0.2, 0) is 4.74 Å². The number of halogens is 4. The number of carbonyl (C=O) groups excluding carboxylic acids is 1. The maximum absolute atomic E-state index is 13.6. The summed E-state index contributed by atoms with van der Waals surface area (Å²) in [5.74, 6) is -3.67. The van der Waals surface area contributed by atoms with Crippen molar-refractivity contribution in [1.29, 1.82) is 0 Å². The van der Waals surface area contributed by atoms with Gasteiger partial charge in [-0.1, -0.05) is 11.6 Å². The van der Waals surface area contributed by atoms with Gasteiger partial charge in [0.1, 0.15) is 0 Å². The quantitative estimate of drug-likeness (QED) is 0.813. The molecule has 3 atom stereocenters. The van der Waals surface area contributed by atoms with Gasteiger partial charge in [0.05, 0.1) is 12.2 Å². The lowest BCUT2D eigenvalue weighted by molar-refractivity contribution is -0.318. The molecule has 3 rings (SSSR count). The third kappa shape index (κ3) is 3.43. The molecule has 1 aromatic rings. The highest BCUT2D eigenvalue weighted by Crippen LogP contribution is 2.46. The van der Waals surface area contributed by atoms with E-state index in [0.717, 1.165) is 0 Å². The third-order valence-electron chi connectivity index (χ3n) is 3.76. The van der Waals surface area contributed by atoms with E-state index in [1.807, 2.05) is 5.32 Å². The number of rotatable bonds is 1. The van der Waals surface area contributed by atoms with Crippen LogP contribution in [-0.4, -0.2) is 48.3 Å². The first kappa shape index (κ1) is 17.9. The lowest BCUT2D eigenvalue weighted by Crippen LogP contribution is -2.67. The summed E-state index contributed by atoms with van der Waals surface area (Å²) in [6.45, 7) is 3.78. The molecule has 0 unspecified atom stereocenters. The lowest BCUT2D eigenvalue weighted by Gasteiger charge is -2.37. The minimum atomic E-state index is -5.02. The summed E-state index contributed by atoms with van der Waals surface area (Å²) in [6, 6.07) is 2.84. The monoisotopic (exact) mass is 380 g/mol. The summed E-state index contributed by atoms with van der Waals surface area (Å²) in [4.78, 5) is 13.6. The first-order valence-electron chi connectivity index (χ1n) is 7.56. The number of alkyl halides is 3. The second-order valence-corrected chi connectivity index (χ2v) is 6.44. The molecule has 6 nitrogen and oxygen atoms in total. The first-order chi connectivity index (χ1) is 11.6. The van der Waals surface area contributed by atoms with Gasteiger partial charge < -0.3 is 19.1 Å². The Kier molecular flexibility index (Phi) is 4.40. The van der Waals surface area contributed by atoms with Gasteiger partial charge in [0, 0.05) is 24.2 Å². The van der Waals surface area contributed by atoms with Gasteiger partial charge in [0.15, 0.2) is 11.5 Å². The maximum atomic E-state index is 13.6. The van der Waals surface area contributed by atoms with Crippen molar-refractivity contribution >= 4 is 17.6 Å². The standard InChI is InChI=1S/C15H16ClF3N2O4/c1-8-6-21(7-9(2)23-8)13(22)20-15(14(17,18)19)24-11-4-3-10(16)5-12(11)25-15/h3-5,8-9H,6-7H2,1-2H3,(H,20,22)/t8-,9+,15-/m0/s1. The summed E-state index contributed by atoms with van der Waals surface area (Å²) >= 11 is 5.76. The Balaban J connectivity index is 1.83. The molecule has 0 radical (unpaired) electrons. The van der Waals surface area contributed by atoms with Gasteiger partial charge in [-0.15, -0.1) is 0 Å². The van der Waals surface area contributed by atoms with Crippen LogP contribution >= 0.6 is 11.6 Å². The number of hydrogen-bond donors (Lipinski definition) is 1. The van der Waals surface area contributed by atoms with Gasteiger partial charge in [-0.05, 0) is 26.0 Å². The Morgan fingerprint density at radius 3 is 2.44 bits per heavy atom. The van der Waals surface area contributed by atoms with E-state index in [-0.39, 0.29) is 41.8 Å². The SMILES string of the molecule is C[C@@H]1CN(C(=O)N[C@@]2(C(F)(F)F)Oc3ccc(Cl)cc3O2)C[C@H](C)O1. The molecule has 0 bridgehead atoms. The van der Waals surface area contributed by atoms with E-state index >= 15 is 0 Å². The molecule has 10 heteroatoms. The molecule has 25 heavy (non-hydrogen) atoms. The zero-order chi connectivity index (χ0) is 18.4. The summed E-state index contributed by atoms with van der Waals surface area (Å²) < 4.78 is 56.2. The molecule has 2 heterocycles. The largest absolute Gasteiger partial charge is 0.492 e. The van der Waals surface area contributed by atoms with E-state index in [4.69, 9.17) is 25.8 Å². The molecule has 0 spiro atoms. The van der Waals surface area contributed by atoms with E-state index in [1.54, 1.807) is 13.8 Å². The minimum Gasteiger partial charge on any atom is -0.424 e. The average Bonchev–Trinajstić information content (AvgIpc) is 2.84. The Morgan fingerprint density at radius 1 is 1.24 bits per heavy atom. The minimum absolute atomic E-state index is 0.156. The van der Waals surface area contributed by atoms with Crippen molar-refractivity contribution in [2.75, 3.05) is 13.1 Å². The van der Waals surface area contributed by atoms with Crippen LogP contribution in [0.25, 0.3) is 0 Å². The van der Waals surface area contributed by atoms with E-state index < -0.39 is 18.1 Å². The number of nitrogens with zero attached hydrogens (tertiary/aromatic N) is 1. The normalized spacial score (nSPS) is 28.8. The number of urea groups is 1. The van der Waals surface area contributed by atoms with Crippen LogP contribution in [0.2, 0.25) is 5.02 Å². The summed E-state index contributed by atoms with van der Waals surface area (Å²) in [6.07, 6.45) is -5.60. The van der Waals surface area contributed by atoms with Crippen molar-refractivity contribution in [2.45, 2.75) is 38.1 Å². The zero-order valence-electron chi connectivity index (χ0n) is 13.4. The molecular weight excluding hydrogens is 365 g/mol. The van der Waals surface area contributed by atoms with E-state index in [9.17, 15) is 18.0 Å². The van der Waals surface area contributed by atoms with E-state index in [0.29, 0.717) is 0 Å². The molecule has 0 aliphatic carbocycles. The summed E-state index contributed by atoms with van der Waals surface area (Å²) in [7, 11) is 0. The predicted octanol–water partition coefficient (Wildman–Crippen LogP) is 3.15. The Hall–Kier alpha value is -1.87. The topological polar surface area (TPSA) is 60.0 Å². The molecule has 1 saturated heterocycles. The Labute approximate surface area is 146 Å². The number of carbonyl (C=O) groups is 1. The Morgan fingerprint density at radius 2 is 1.84 bits per heavy atom. The van der Waals surface area contributed by atoms with Gasteiger partial charge in [0.2, 0.25) is 0 Å². The number of amides is 2. The number of ether oxygens (including phenoxy) is 3. The second-order valence-electron chi connectivity index (χ2n) is 6.00. The fourth-order valence-electron chi connectivity index (χ4n) is 2.78. The number of benzene rings is 1. The lowest BCUT2D eigenvalue weighted by atomic mass is 10.2. The molecule has 2 amide bonds. The molecule has 0 saturated carbocycles. The molecular formula is C15H16ClF3N2O4. The molecule has 0 aromatic heterocycles. The van der Waals surface area contributed by atoms with Gasteiger partial charge in [-0.25, -0.2) is 4.79 Å². The number of morpholine rings is 1. The van der Waals surface area contributed by atoms with Gasteiger partial charge in [0.25, 0.3) is 0 Å². The third-order valence-corrected chi connectivity index (χ3v) is 4.00. The van der Waals surface area contributed by atoms with Crippen LogP contribution < -0.4 is 14.8 Å². The zero-order valence-corrected chi connectivity index (χ0v) is 14.1. The van der Waals surface area contributed by atoms with Crippen LogP contribution in [0.4, 0.5) is 18.0 Å². The highest BCUT2D eigenvalue weighted by Gasteiger charge is 2.66. The van der Waals surface area contributed by atoms with E-state index in [1.165, 1.54) is 23.1 Å². The van der Waals surface area contributed by atoms with Crippen molar-refractivity contribution in [1.82, 2.24) is 10.2 Å². The van der Waals surface area contributed by atoms with Crippen LogP contribution in [0.15, 0.2) is 18.2 Å². The van der Waals surface area contributed by atoms with Gasteiger partial charge in [-0.2, -0.15) is 13.2 Å². The van der Waals surface area contributed by atoms with Crippen LogP contribution in [0.5, 0.6) is 11.5 Å². The molecule has 138 valence electrons. The van der Waals surface area contributed by atoms with Crippen molar-refractivity contribution in [3.63, 3.8) is 0 Å². The van der Waals surface area contributed by atoms with Gasteiger partial charge >= 0.3 is 18.1 Å². The van der Waals surface area contributed by atoms with Crippen molar-refractivity contribution in [3.8, 4) is 11.5 Å². The van der Waals surface area contributed by atoms with Crippen molar-refractivity contribution < 1.29 is 32.2 Å². The fourth-order valence-corrected chi connectivity index (χ4v) is 2.94. The van der Waals surface area contributed by atoms with Crippen LogP contribution in [0.1, 0.15) is 13.8 Å².